The number of aryl methyl sites for hydroxylation is 3. The Morgan fingerprint density at radius 1 is 1.24 bits per heavy atom. The van der Waals surface area contributed by atoms with Crippen LogP contribution in [0.3, 0.4) is 0 Å². The van der Waals surface area contributed by atoms with E-state index in [0.717, 1.165) is 29.3 Å². The first kappa shape index (κ1) is 16.0. The summed E-state index contributed by atoms with van der Waals surface area (Å²) in [5, 5.41) is 3.13. The first-order chi connectivity index (χ1) is 9.99. The fraction of sp³-hybridized carbons (Fsp3) is 0.471. The second-order valence-corrected chi connectivity index (χ2v) is 6.64. The van der Waals surface area contributed by atoms with Crippen molar-refractivity contribution in [2.24, 2.45) is 5.73 Å². The van der Waals surface area contributed by atoms with E-state index in [1.807, 2.05) is 6.92 Å². The zero-order chi connectivity index (χ0) is 15.4. The number of ether oxygens (including phenoxy) is 1. The molecule has 0 aliphatic rings. The van der Waals surface area contributed by atoms with Gasteiger partial charge < -0.3 is 10.5 Å². The average Bonchev–Trinajstić information content (AvgIpc) is 2.83. The lowest BCUT2D eigenvalue weighted by Gasteiger charge is -2.15. The second-order valence-electron chi connectivity index (χ2n) is 5.58. The van der Waals surface area contributed by atoms with Crippen LogP contribution in [0.4, 0.5) is 0 Å². The number of hydrogen-bond acceptors (Lipinski definition) is 4. The van der Waals surface area contributed by atoms with E-state index in [1.54, 1.807) is 11.3 Å². The third kappa shape index (κ3) is 4.29. The Hall–Kier alpha value is -1.39. The number of rotatable bonds is 6. The first-order valence-electron chi connectivity index (χ1n) is 7.39. The third-order valence-electron chi connectivity index (χ3n) is 3.57. The molecule has 0 fully saturated rings. The van der Waals surface area contributed by atoms with Crippen molar-refractivity contribution in [2.75, 3.05) is 0 Å². The molecular formula is C17H24N2OS. The van der Waals surface area contributed by atoms with Crippen molar-refractivity contribution in [3.8, 4) is 5.75 Å². The van der Waals surface area contributed by atoms with Crippen molar-refractivity contribution in [1.29, 1.82) is 0 Å². The molecule has 0 saturated carbocycles. The molecule has 1 aromatic carbocycles. The zero-order valence-corrected chi connectivity index (χ0v) is 14.1. The number of aromatic nitrogens is 1. The van der Waals surface area contributed by atoms with Crippen LogP contribution < -0.4 is 10.5 Å². The number of thiazole rings is 1. The van der Waals surface area contributed by atoms with Crippen LogP contribution in [0, 0.1) is 20.8 Å². The maximum Gasteiger partial charge on any atom is 0.131 e. The first-order valence-corrected chi connectivity index (χ1v) is 8.27. The standard InChI is InChI=1S/C17H24N2OS/c1-5-15(18)8-14-6-11(2)17(12(3)7-14)20-9-16-10-21-13(4)19-16/h6-7,10,15H,5,8-9,18H2,1-4H3. The lowest BCUT2D eigenvalue weighted by molar-refractivity contribution is 0.297. The molecule has 114 valence electrons. The summed E-state index contributed by atoms with van der Waals surface area (Å²) in [7, 11) is 0. The summed E-state index contributed by atoms with van der Waals surface area (Å²) in [6, 6.07) is 4.60. The van der Waals surface area contributed by atoms with E-state index >= 15 is 0 Å². The Morgan fingerprint density at radius 3 is 2.43 bits per heavy atom. The van der Waals surface area contributed by atoms with Crippen molar-refractivity contribution in [3.05, 3.63) is 44.9 Å². The highest BCUT2D eigenvalue weighted by molar-refractivity contribution is 7.09. The predicted molar refractivity (Wildman–Crippen MR) is 89.1 cm³/mol. The molecule has 2 aromatic rings. The van der Waals surface area contributed by atoms with Crippen molar-refractivity contribution < 1.29 is 4.74 Å². The van der Waals surface area contributed by atoms with Crippen molar-refractivity contribution in [2.45, 2.75) is 53.2 Å². The van der Waals surface area contributed by atoms with Gasteiger partial charge >= 0.3 is 0 Å². The maximum absolute atomic E-state index is 6.04. The molecule has 0 aliphatic carbocycles. The Labute approximate surface area is 131 Å². The average molecular weight is 304 g/mol. The molecule has 1 heterocycles. The number of hydrogen-bond donors (Lipinski definition) is 1. The van der Waals surface area contributed by atoms with Crippen LogP contribution in [0.5, 0.6) is 5.75 Å². The van der Waals surface area contributed by atoms with Gasteiger partial charge in [0.2, 0.25) is 0 Å². The van der Waals surface area contributed by atoms with Gasteiger partial charge in [0.15, 0.2) is 0 Å². The molecule has 0 aliphatic heterocycles. The molecule has 4 heteroatoms. The summed E-state index contributed by atoms with van der Waals surface area (Å²) in [5.74, 6) is 0.967. The molecule has 1 unspecified atom stereocenters. The molecule has 2 N–H and O–H groups in total. The smallest absolute Gasteiger partial charge is 0.131 e. The van der Waals surface area contributed by atoms with E-state index in [9.17, 15) is 0 Å². The van der Waals surface area contributed by atoms with Crippen LogP contribution in [0.1, 0.15) is 40.7 Å². The largest absolute Gasteiger partial charge is 0.487 e. The summed E-state index contributed by atoms with van der Waals surface area (Å²) in [6.07, 6.45) is 1.92. The van der Waals surface area contributed by atoms with Gasteiger partial charge in [-0.15, -0.1) is 11.3 Å². The van der Waals surface area contributed by atoms with Gasteiger partial charge in [-0.25, -0.2) is 4.98 Å². The highest BCUT2D eigenvalue weighted by Crippen LogP contribution is 2.26. The van der Waals surface area contributed by atoms with Gasteiger partial charge in [-0.05, 0) is 50.3 Å². The molecule has 0 saturated heterocycles. The van der Waals surface area contributed by atoms with E-state index in [2.05, 4.69) is 43.3 Å². The number of nitrogens with zero attached hydrogens (tertiary/aromatic N) is 1. The van der Waals surface area contributed by atoms with E-state index < -0.39 is 0 Å². The maximum atomic E-state index is 6.04. The summed E-state index contributed by atoms with van der Waals surface area (Å²) < 4.78 is 5.97. The minimum absolute atomic E-state index is 0.230. The summed E-state index contributed by atoms with van der Waals surface area (Å²) in [6.45, 7) is 8.85. The second kappa shape index (κ2) is 7.05. The van der Waals surface area contributed by atoms with E-state index in [4.69, 9.17) is 10.5 Å². The van der Waals surface area contributed by atoms with Crippen LogP contribution in [0.15, 0.2) is 17.5 Å². The van der Waals surface area contributed by atoms with Crippen LogP contribution in [0.25, 0.3) is 0 Å². The van der Waals surface area contributed by atoms with Crippen LogP contribution in [-0.2, 0) is 13.0 Å². The van der Waals surface area contributed by atoms with Crippen molar-refractivity contribution >= 4 is 11.3 Å². The Bertz CT molecular complexity index is 584. The molecule has 3 nitrogen and oxygen atoms in total. The Balaban J connectivity index is 2.09. The highest BCUT2D eigenvalue weighted by atomic mass is 32.1. The Morgan fingerprint density at radius 2 is 1.90 bits per heavy atom. The van der Waals surface area contributed by atoms with Crippen molar-refractivity contribution in [1.82, 2.24) is 4.98 Å². The number of benzene rings is 1. The molecule has 2 rings (SSSR count). The molecule has 0 amide bonds. The summed E-state index contributed by atoms with van der Waals surface area (Å²) in [5.41, 5.74) is 10.7. The topological polar surface area (TPSA) is 48.1 Å². The molecule has 1 aromatic heterocycles. The molecule has 0 radical (unpaired) electrons. The van der Waals surface area contributed by atoms with Gasteiger partial charge in [0.25, 0.3) is 0 Å². The fourth-order valence-corrected chi connectivity index (χ4v) is 3.05. The van der Waals surface area contributed by atoms with Gasteiger partial charge in [-0.2, -0.15) is 0 Å². The number of nitrogens with two attached hydrogens (primary N) is 1. The highest BCUT2D eigenvalue weighted by Gasteiger charge is 2.10. The van der Waals surface area contributed by atoms with Crippen LogP contribution in [0.2, 0.25) is 0 Å². The van der Waals surface area contributed by atoms with E-state index in [-0.39, 0.29) is 6.04 Å². The molecular weight excluding hydrogens is 280 g/mol. The van der Waals surface area contributed by atoms with Crippen LogP contribution in [-0.4, -0.2) is 11.0 Å². The van der Waals surface area contributed by atoms with Gasteiger partial charge in [-0.1, -0.05) is 19.1 Å². The SMILES string of the molecule is CCC(N)Cc1cc(C)c(OCc2csc(C)n2)c(C)c1. The quantitative estimate of drug-likeness (QED) is 0.879. The lowest BCUT2D eigenvalue weighted by Crippen LogP contribution is -2.21. The lowest BCUT2D eigenvalue weighted by atomic mass is 9.99. The monoisotopic (exact) mass is 304 g/mol. The van der Waals surface area contributed by atoms with Crippen LogP contribution >= 0.6 is 11.3 Å². The van der Waals surface area contributed by atoms with E-state index in [1.165, 1.54) is 16.7 Å². The molecule has 0 spiro atoms. The molecule has 1 atom stereocenters. The normalized spacial score (nSPS) is 12.4. The van der Waals surface area contributed by atoms with Gasteiger partial charge in [0.05, 0.1) is 10.7 Å². The predicted octanol–water partition coefficient (Wildman–Crippen LogP) is 3.93. The van der Waals surface area contributed by atoms with Crippen molar-refractivity contribution in [3.63, 3.8) is 0 Å². The third-order valence-corrected chi connectivity index (χ3v) is 4.40. The Kier molecular flexibility index (Phi) is 5.37. The minimum Gasteiger partial charge on any atom is -0.487 e. The van der Waals surface area contributed by atoms with Gasteiger partial charge in [0, 0.05) is 11.4 Å². The fourth-order valence-electron chi connectivity index (χ4n) is 2.45. The molecule has 0 bridgehead atoms. The minimum atomic E-state index is 0.230. The summed E-state index contributed by atoms with van der Waals surface area (Å²) >= 11 is 1.65. The molecule has 21 heavy (non-hydrogen) atoms. The zero-order valence-electron chi connectivity index (χ0n) is 13.3. The van der Waals surface area contributed by atoms with Gasteiger partial charge in [-0.3, -0.25) is 0 Å². The van der Waals surface area contributed by atoms with E-state index in [0.29, 0.717) is 6.61 Å². The summed E-state index contributed by atoms with van der Waals surface area (Å²) in [4.78, 5) is 4.43. The van der Waals surface area contributed by atoms with Gasteiger partial charge in [0.1, 0.15) is 12.4 Å².